The standard InChI is InChI=1S/C26H32N2O4/c1-18(2)28(3)24(29)20-8-6-19(7-9-20)17-27-25(30)26(12-4-5-13-26)21-10-11-22-23(16-21)32-15-14-31-22/h6-11,16,18H,4-5,12-15,17H2,1-3H3,(H,27,30). The molecule has 0 saturated heterocycles. The van der Waals surface area contributed by atoms with Crippen molar-refractivity contribution in [3.8, 4) is 11.5 Å². The minimum absolute atomic E-state index is 0.000831. The lowest BCUT2D eigenvalue weighted by Gasteiger charge is -2.30. The predicted octanol–water partition coefficient (Wildman–Crippen LogP) is 4.07. The second-order valence-corrected chi connectivity index (χ2v) is 9.04. The number of benzene rings is 2. The molecule has 2 aromatic carbocycles. The van der Waals surface area contributed by atoms with Crippen molar-refractivity contribution in [2.45, 2.75) is 57.5 Å². The maximum absolute atomic E-state index is 13.4. The fraction of sp³-hybridized carbons (Fsp3) is 0.462. The summed E-state index contributed by atoms with van der Waals surface area (Å²) in [5.41, 5.74) is 2.08. The molecule has 6 heteroatoms. The van der Waals surface area contributed by atoms with Gasteiger partial charge in [-0.3, -0.25) is 9.59 Å². The first-order valence-electron chi connectivity index (χ1n) is 11.5. The second-order valence-electron chi connectivity index (χ2n) is 9.04. The van der Waals surface area contributed by atoms with Crippen LogP contribution in [0.4, 0.5) is 0 Å². The van der Waals surface area contributed by atoms with Gasteiger partial charge in [-0.1, -0.05) is 31.0 Å². The Balaban J connectivity index is 1.46. The minimum atomic E-state index is -0.536. The molecular weight excluding hydrogens is 404 g/mol. The predicted molar refractivity (Wildman–Crippen MR) is 123 cm³/mol. The number of carbonyl (C=O) groups is 2. The van der Waals surface area contributed by atoms with Crippen LogP contribution in [0.3, 0.4) is 0 Å². The Kier molecular flexibility index (Phi) is 6.40. The summed E-state index contributed by atoms with van der Waals surface area (Å²) in [7, 11) is 1.81. The Hall–Kier alpha value is -3.02. The molecule has 4 rings (SSSR count). The third kappa shape index (κ3) is 4.31. The molecule has 0 unspecified atom stereocenters. The number of fused-ring (bicyclic) bond motifs is 1. The van der Waals surface area contributed by atoms with E-state index in [1.807, 2.05) is 56.3 Å². The van der Waals surface area contributed by atoms with E-state index < -0.39 is 5.41 Å². The van der Waals surface area contributed by atoms with Gasteiger partial charge in [0, 0.05) is 25.2 Å². The third-order valence-corrected chi connectivity index (χ3v) is 6.74. The van der Waals surface area contributed by atoms with Gasteiger partial charge in [0.05, 0.1) is 5.41 Å². The van der Waals surface area contributed by atoms with Crippen LogP contribution in [0.25, 0.3) is 0 Å². The molecule has 32 heavy (non-hydrogen) atoms. The van der Waals surface area contributed by atoms with E-state index in [1.165, 1.54) is 0 Å². The molecule has 2 aliphatic rings. The number of hydrogen-bond acceptors (Lipinski definition) is 4. The van der Waals surface area contributed by atoms with E-state index in [4.69, 9.17) is 9.47 Å². The van der Waals surface area contributed by atoms with E-state index >= 15 is 0 Å². The van der Waals surface area contributed by atoms with Crippen molar-refractivity contribution in [3.05, 3.63) is 59.2 Å². The topological polar surface area (TPSA) is 67.9 Å². The molecule has 1 heterocycles. The molecule has 0 spiro atoms. The highest BCUT2D eigenvalue weighted by Crippen LogP contribution is 2.44. The number of ether oxygens (including phenoxy) is 2. The van der Waals surface area contributed by atoms with Crippen LogP contribution < -0.4 is 14.8 Å². The summed E-state index contributed by atoms with van der Waals surface area (Å²) in [6, 6.07) is 13.5. The highest BCUT2D eigenvalue weighted by molar-refractivity contribution is 5.94. The SMILES string of the molecule is CC(C)N(C)C(=O)c1ccc(CNC(=O)C2(c3ccc4c(c3)OCCO4)CCCC2)cc1. The van der Waals surface area contributed by atoms with Crippen LogP contribution in [-0.2, 0) is 16.8 Å². The summed E-state index contributed by atoms with van der Waals surface area (Å²) < 4.78 is 11.4. The van der Waals surface area contributed by atoms with E-state index in [-0.39, 0.29) is 17.9 Å². The smallest absolute Gasteiger partial charge is 0.253 e. The summed E-state index contributed by atoms with van der Waals surface area (Å²) in [6.45, 7) is 5.49. The molecule has 1 aliphatic heterocycles. The molecule has 1 N–H and O–H groups in total. The number of rotatable bonds is 6. The fourth-order valence-corrected chi connectivity index (χ4v) is 4.52. The van der Waals surface area contributed by atoms with Crippen molar-refractivity contribution in [1.29, 1.82) is 0 Å². The average molecular weight is 437 g/mol. The molecule has 2 aromatic rings. The number of amides is 2. The van der Waals surface area contributed by atoms with Crippen molar-refractivity contribution in [2.24, 2.45) is 0 Å². The summed E-state index contributed by atoms with van der Waals surface area (Å²) in [4.78, 5) is 27.6. The lowest BCUT2D eigenvalue weighted by molar-refractivity contribution is -0.126. The zero-order valence-corrected chi connectivity index (χ0v) is 19.1. The summed E-state index contributed by atoms with van der Waals surface area (Å²) in [5.74, 6) is 1.51. The monoisotopic (exact) mass is 436 g/mol. The summed E-state index contributed by atoms with van der Waals surface area (Å²) >= 11 is 0. The zero-order valence-electron chi connectivity index (χ0n) is 19.1. The minimum Gasteiger partial charge on any atom is -0.486 e. The third-order valence-electron chi connectivity index (χ3n) is 6.74. The van der Waals surface area contributed by atoms with Crippen LogP contribution in [0.5, 0.6) is 11.5 Å². The van der Waals surface area contributed by atoms with Crippen molar-refractivity contribution >= 4 is 11.8 Å². The lowest BCUT2D eigenvalue weighted by atomic mass is 9.77. The molecule has 0 atom stereocenters. The normalized spacial score (nSPS) is 16.6. The van der Waals surface area contributed by atoms with Gasteiger partial charge >= 0.3 is 0 Å². The van der Waals surface area contributed by atoms with Crippen LogP contribution in [0.2, 0.25) is 0 Å². The van der Waals surface area contributed by atoms with Crippen LogP contribution in [0, 0.1) is 0 Å². The Morgan fingerprint density at radius 1 is 1.00 bits per heavy atom. The molecule has 1 saturated carbocycles. The van der Waals surface area contributed by atoms with E-state index in [0.717, 1.165) is 48.3 Å². The Morgan fingerprint density at radius 3 is 2.31 bits per heavy atom. The summed E-state index contributed by atoms with van der Waals surface area (Å²) in [5, 5.41) is 3.14. The molecule has 1 fully saturated rings. The van der Waals surface area contributed by atoms with Gasteiger partial charge in [0.15, 0.2) is 11.5 Å². The molecular formula is C26H32N2O4. The molecule has 0 radical (unpaired) electrons. The summed E-state index contributed by atoms with van der Waals surface area (Å²) in [6.07, 6.45) is 3.71. The van der Waals surface area contributed by atoms with Gasteiger partial charge in [0.25, 0.3) is 5.91 Å². The molecule has 0 aromatic heterocycles. The second kappa shape index (κ2) is 9.23. The quantitative estimate of drug-likeness (QED) is 0.741. The first-order valence-corrected chi connectivity index (χ1v) is 11.5. The maximum Gasteiger partial charge on any atom is 0.253 e. The van der Waals surface area contributed by atoms with Crippen LogP contribution in [0.15, 0.2) is 42.5 Å². The lowest BCUT2D eigenvalue weighted by Crippen LogP contribution is -2.42. The van der Waals surface area contributed by atoms with Crippen LogP contribution in [-0.4, -0.2) is 43.0 Å². The fourth-order valence-electron chi connectivity index (χ4n) is 4.52. The molecule has 6 nitrogen and oxygen atoms in total. The number of hydrogen-bond donors (Lipinski definition) is 1. The van der Waals surface area contributed by atoms with E-state index in [2.05, 4.69) is 5.32 Å². The van der Waals surface area contributed by atoms with Gasteiger partial charge in [-0.2, -0.15) is 0 Å². The van der Waals surface area contributed by atoms with Gasteiger partial charge < -0.3 is 19.7 Å². The van der Waals surface area contributed by atoms with E-state index in [1.54, 1.807) is 11.9 Å². The highest BCUT2D eigenvalue weighted by atomic mass is 16.6. The molecule has 170 valence electrons. The molecule has 1 aliphatic carbocycles. The van der Waals surface area contributed by atoms with Crippen molar-refractivity contribution in [2.75, 3.05) is 20.3 Å². The van der Waals surface area contributed by atoms with Gasteiger partial charge in [0.1, 0.15) is 13.2 Å². The van der Waals surface area contributed by atoms with Gasteiger partial charge in [-0.25, -0.2) is 0 Å². The highest BCUT2D eigenvalue weighted by Gasteiger charge is 2.43. The Labute approximate surface area is 189 Å². The zero-order chi connectivity index (χ0) is 22.7. The molecule has 2 amide bonds. The van der Waals surface area contributed by atoms with Crippen LogP contribution >= 0.6 is 0 Å². The Morgan fingerprint density at radius 2 is 1.66 bits per heavy atom. The van der Waals surface area contributed by atoms with Crippen molar-refractivity contribution in [3.63, 3.8) is 0 Å². The van der Waals surface area contributed by atoms with Crippen molar-refractivity contribution < 1.29 is 19.1 Å². The number of carbonyl (C=O) groups excluding carboxylic acids is 2. The first-order chi connectivity index (χ1) is 15.4. The van der Waals surface area contributed by atoms with E-state index in [0.29, 0.717) is 25.3 Å². The maximum atomic E-state index is 13.4. The van der Waals surface area contributed by atoms with Gasteiger partial charge in [-0.05, 0) is 62.1 Å². The number of nitrogens with zero attached hydrogens (tertiary/aromatic N) is 1. The van der Waals surface area contributed by atoms with Crippen LogP contribution in [0.1, 0.15) is 61.0 Å². The average Bonchev–Trinajstić information content (AvgIpc) is 3.33. The largest absolute Gasteiger partial charge is 0.486 e. The van der Waals surface area contributed by atoms with Gasteiger partial charge in [0.2, 0.25) is 5.91 Å². The van der Waals surface area contributed by atoms with Crippen molar-refractivity contribution in [1.82, 2.24) is 10.2 Å². The molecule has 0 bridgehead atoms. The Bertz CT molecular complexity index is 978. The number of nitrogens with one attached hydrogen (secondary N) is 1. The van der Waals surface area contributed by atoms with E-state index in [9.17, 15) is 9.59 Å². The first kappa shape index (κ1) is 22.2. The van der Waals surface area contributed by atoms with Gasteiger partial charge in [-0.15, -0.1) is 0 Å².